The molecular weight excluding hydrogens is 204 g/mol. The molecule has 0 saturated carbocycles. The van der Waals surface area contributed by atoms with Crippen molar-refractivity contribution in [3.8, 4) is 0 Å². The van der Waals surface area contributed by atoms with Crippen LogP contribution in [0.5, 0.6) is 0 Å². The van der Waals surface area contributed by atoms with E-state index in [1.54, 1.807) is 13.1 Å². The summed E-state index contributed by atoms with van der Waals surface area (Å²) in [4.78, 5) is 15.0. The van der Waals surface area contributed by atoms with E-state index >= 15 is 0 Å². The maximum Gasteiger partial charge on any atom is 0.326 e. The molecule has 1 heterocycles. The zero-order valence-electron chi connectivity index (χ0n) is 8.10. The van der Waals surface area contributed by atoms with Crippen molar-refractivity contribution in [3.63, 3.8) is 0 Å². The molecule has 0 aliphatic rings. The van der Waals surface area contributed by atoms with E-state index in [4.69, 9.17) is 4.74 Å². The number of ether oxygens (including phenoxy) is 1. The molecule has 1 rings (SSSR count). The number of hydrogen-bond acceptors (Lipinski definition) is 4. The van der Waals surface area contributed by atoms with E-state index in [1.807, 2.05) is 0 Å². The Morgan fingerprint density at radius 1 is 1.71 bits per heavy atom. The number of esters is 1. The summed E-state index contributed by atoms with van der Waals surface area (Å²) in [5, 5.41) is 0.387. The molecule has 1 aromatic heterocycles. The minimum Gasteiger partial charge on any atom is -0.465 e. The van der Waals surface area contributed by atoms with Gasteiger partial charge >= 0.3 is 5.97 Å². The molecule has 14 heavy (non-hydrogen) atoms. The smallest absolute Gasteiger partial charge is 0.326 e. The minimum absolute atomic E-state index is 0.0583. The molecule has 0 radical (unpaired) electrons. The molecule has 78 valence electrons. The van der Waals surface area contributed by atoms with Gasteiger partial charge in [-0.2, -0.15) is 0 Å². The van der Waals surface area contributed by atoms with Gasteiger partial charge in [-0.3, -0.25) is 9.00 Å². The topological polar surface area (TPSA) is 61.2 Å². The summed E-state index contributed by atoms with van der Waals surface area (Å²) in [6, 6.07) is 0. The van der Waals surface area contributed by atoms with Crippen LogP contribution in [0.1, 0.15) is 6.92 Å². The number of imidazole rings is 1. The molecule has 6 heteroatoms. The first-order chi connectivity index (χ1) is 6.65. The molecule has 0 aromatic carbocycles. The molecule has 0 saturated heterocycles. The second-order valence-corrected chi connectivity index (χ2v) is 3.87. The van der Waals surface area contributed by atoms with Crippen LogP contribution in [0.3, 0.4) is 0 Å². The Morgan fingerprint density at radius 2 is 2.43 bits per heavy atom. The molecule has 0 N–H and O–H groups in total. The van der Waals surface area contributed by atoms with Crippen molar-refractivity contribution in [2.24, 2.45) is 0 Å². The van der Waals surface area contributed by atoms with Gasteiger partial charge in [0.2, 0.25) is 0 Å². The SMILES string of the molecule is CCOC(=O)Cn1ccnc1S(C)=O. The van der Waals surface area contributed by atoms with Crippen LogP contribution in [0.25, 0.3) is 0 Å². The van der Waals surface area contributed by atoms with Crippen LogP contribution in [0.15, 0.2) is 17.6 Å². The van der Waals surface area contributed by atoms with Crippen LogP contribution in [-0.2, 0) is 26.9 Å². The van der Waals surface area contributed by atoms with Gasteiger partial charge in [-0.25, -0.2) is 4.98 Å². The van der Waals surface area contributed by atoms with E-state index in [2.05, 4.69) is 4.98 Å². The van der Waals surface area contributed by atoms with Crippen LogP contribution in [0.4, 0.5) is 0 Å². The molecule has 0 bridgehead atoms. The average molecular weight is 216 g/mol. The first kappa shape index (κ1) is 10.9. The molecule has 1 atom stereocenters. The number of carbonyl (C=O) groups excluding carboxylic acids is 1. The number of nitrogens with zero attached hydrogens (tertiary/aromatic N) is 2. The predicted octanol–water partition coefficient (Wildman–Crippen LogP) is 0.184. The summed E-state index contributed by atoms with van der Waals surface area (Å²) in [6.07, 6.45) is 4.63. The Kier molecular flexibility index (Phi) is 3.82. The highest BCUT2D eigenvalue weighted by Crippen LogP contribution is 2.02. The highest BCUT2D eigenvalue weighted by molar-refractivity contribution is 7.84. The van der Waals surface area contributed by atoms with Gasteiger partial charge in [-0.15, -0.1) is 0 Å². The van der Waals surface area contributed by atoms with Crippen LogP contribution in [0.2, 0.25) is 0 Å². The van der Waals surface area contributed by atoms with Crippen molar-refractivity contribution in [1.82, 2.24) is 9.55 Å². The normalized spacial score (nSPS) is 12.4. The summed E-state index contributed by atoms with van der Waals surface area (Å²) in [5.74, 6) is -0.350. The van der Waals surface area contributed by atoms with Crippen LogP contribution in [0, 0.1) is 0 Å². The summed E-state index contributed by atoms with van der Waals surface area (Å²) in [5.41, 5.74) is 0. The fourth-order valence-corrected chi connectivity index (χ4v) is 1.69. The van der Waals surface area contributed by atoms with Crippen LogP contribution >= 0.6 is 0 Å². The first-order valence-corrected chi connectivity index (χ1v) is 5.71. The Hall–Kier alpha value is -1.17. The Balaban J connectivity index is 2.71. The van der Waals surface area contributed by atoms with Crippen molar-refractivity contribution in [3.05, 3.63) is 12.4 Å². The summed E-state index contributed by atoms with van der Waals surface area (Å²) in [7, 11) is -1.19. The third kappa shape index (κ3) is 2.66. The van der Waals surface area contributed by atoms with Gasteiger partial charge in [0.25, 0.3) is 0 Å². The fraction of sp³-hybridized carbons (Fsp3) is 0.500. The molecule has 1 aromatic rings. The highest BCUT2D eigenvalue weighted by atomic mass is 32.2. The quantitative estimate of drug-likeness (QED) is 0.674. The Labute approximate surface area is 84.5 Å². The molecule has 0 fully saturated rings. The van der Waals surface area contributed by atoms with Gasteiger partial charge in [0.1, 0.15) is 6.54 Å². The molecule has 0 aliphatic carbocycles. The van der Waals surface area contributed by atoms with Gasteiger partial charge < -0.3 is 9.30 Å². The number of carbonyl (C=O) groups is 1. The molecular formula is C8H12N2O3S. The maximum atomic E-state index is 11.1. The van der Waals surface area contributed by atoms with Gasteiger partial charge in [0.15, 0.2) is 5.16 Å². The van der Waals surface area contributed by atoms with Crippen molar-refractivity contribution >= 4 is 16.8 Å². The number of rotatable bonds is 4. The van der Waals surface area contributed by atoms with E-state index in [0.717, 1.165) is 0 Å². The predicted molar refractivity (Wildman–Crippen MR) is 51.2 cm³/mol. The largest absolute Gasteiger partial charge is 0.465 e. The van der Waals surface area contributed by atoms with Gasteiger partial charge in [0.05, 0.1) is 17.4 Å². The first-order valence-electron chi connectivity index (χ1n) is 4.15. The summed E-state index contributed by atoms with van der Waals surface area (Å²) >= 11 is 0. The lowest BCUT2D eigenvalue weighted by Gasteiger charge is -2.04. The maximum absolute atomic E-state index is 11.1. The van der Waals surface area contributed by atoms with E-state index in [1.165, 1.54) is 17.0 Å². The minimum atomic E-state index is -1.19. The lowest BCUT2D eigenvalue weighted by Crippen LogP contribution is -2.15. The highest BCUT2D eigenvalue weighted by Gasteiger charge is 2.10. The molecule has 0 aliphatic heterocycles. The summed E-state index contributed by atoms with van der Waals surface area (Å²) < 4.78 is 17.4. The Bertz CT molecular complexity index is 348. The van der Waals surface area contributed by atoms with Gasteiger partial charge in [-0.05, 0) is 6.92 Å². The second kappa shape index (κ2) is 4.90. The fourth-order valence-electron chi connectivity index (χ4n) is 1.02. The number of aromatic nitrogens is 2. The lowest BCUT2D eigenvalue weighted by atomic mass is 10.6. The van der Waals surface area contributed by atoms with E-state index in [0.29, 0.717) is 11.8 Å². The monoisotopic (exact) mass is 216 g/mol. The average Bonchev–Trinajstić information content (AvgIpc) is 2.52. The third-order valence-electron chi connectivity index (χ3n) is 1.54. The second-order valence-electron chi connectivity index (χ2n) is 2.60. The molecule has 0 amide bonds. The zero-order valence-corrected chi connectivity index (χ0v) is 8.91. The molecule has 5 nitrogen and oxygen atoms in total. The Morgan fingerprint density at radius 3 is 3.00 bits per heavy atom. The van der Waals surface area contributed by atoms with Gasteiger partial charge in [-0.1, -0.05) is 0 Å². The summed E-state index contributed by atoms with van der Waals surface area (Å²) in [6.45, 7) is 2.14. The van der Waals surface area contributed by atoms with E-state index < -0.39 is 10.8 Å². The van der Waals surface area contributed by atoms with E-state index in [9.17, 15) is 9.00 Å². The van der Waals surface area contributed by atoms with Crippen molar-refractivity contribution < 1.29 is 13.7 Å². The van der Waals surface area contributed by atoms with Crippen molar-refractivity contribution in [2.45, 2.75) is 18.6 Å². The standard InChI is InChI=1S/C8H12N2O3S/c1-3-13-7(11)6-10-5-4-9-8(10)14(2)12/h4-5H,3,6H2,1-2H3. The van der Waals surface area contributed by atoms with Gasteiger partial charge in [0, 0.05) is 18.6 Å². The number of hydrogen-bond donors (Lipinski definition) is 0. The zero-order chi connectivity index (χ0) is 10.6. The van der Waals surface area contributed by atoms with Crippen LogP contribution in [-0.4, -0.2) is 32.6 Å². The third-order valence-corrected chi connectivity index (χ3v) is 2.39. The molecule has 1 unspecified atom stereocenters. The van der Waals surface area contributed by atoms with Crippen molar-refractivity contribution in [1.29, 1.82) is 0 Å². The lowest BCUT2D eigenvalue weighted by molar-refractivity contribution is -0.143. The van der Waals surface area contributed by atoms with E-state index in [-0.39, 0.29) is 12.5 Å². The van der Waals surface area contributed by atoms with Crippen LogP contribution < -0.4 is 0 Å². The molecule has 0 spiro atoms. The van der Waals surface area contributed by atoms with Crippen molar-refractivity contribution in [2.75, 3.05) is 12.9 Å².